The van der Waals surface area contributed by atoms with Gasteiger partial charge in [0.15, 0.2) is 0 Å². The second-order valence-electron chi connectivity index (χ2n) is 4.23. The van der Waals surface area contributed by atoms with Crippen molar-refractivity contribution in [1.82, 2.24) is 10.3 Å². The predicted molar refractivity (Wildman–Crippen MR) is 65.9 cm³/mol. The number of amides is 1. The zero-order valence-corrected chi connectivity index (χ0v) is 10.7. The Morgan fingerprint density at radius 1 is 1.65 bits per heavy atom. The van der Waals surface area contributed by atoms with Crippen LogP contribution in [-0.4, -0.2) is 23.9 Å². The molecule has 1 heterocycles. The molecule has 0 aliphatic heterocycles. The van der Waals surface area contributed by atoms with Crippen LogP contribution in [-0.2, 0) is 11.3 Å². The second kappa shape index (κ2) is 6.42. The number of rotatable bonds is 6. The third kappa shape index (κ3) is 3.57. The Hall–Kier alpha value is -1.33. The largest absolute Gasteiger partial charge is 0.469 e. The van der Waals surface area contributed by atoms with Crippen LogP contribution in [0.15, 0.2) is 16.7 Å². The highest BCUT2D eigenvalue weighted by Gasteiger charge is 2.22. The van der Waals surface area contributed by atoms with E-state index in [1.54, 1.807) is 6.26 Å². The molecule has 0 saturated heterocycles. The van der Waals surface area contributed by atoms with Crippen molar-refractivity contribution in [2.75, 3.05) is 7.05 Å². The molecule has 5 nitrogen and oxygen atoms in total. The van der Waals surface area contributed by atoms with E-state index < -0.39 is 0 Å². The van der Waals surface area contributed by atoms with Crippen LogP contribution in [0.5, 0.6) is 0 Å². The third-order valence-electron chi connectivity index (χ3n) is 2.93. The Balaban J connectivity index is 2.68. The number of furan rings is 1. The summed E-state index contributed by atoms with van der Waals surface area (Å²) in [5, 5.41) is 0. The summed E-state index contributed by atoms with van der Waals surface area (Å²) in [5.41, 5.74) is 3.32. The Labute approximate surface area is 102 Å². The van der Waals surface area contributed by atoms with Crippen LogP contribution in [0, 0.1) is 6.92 Å². The highest BCUT2D eigenvalue weighted by Crippen LogP contribution is 2.14. The number of hydrogen-bond donors (Lipinski definition) is 2. The molecule has 1 unspecified atom stereocenters. The topological polar surface area (TPSA) is 71.5 Å². The summed E-state index contributed by atoms with van der Waals surface area (Å²) in [6.45, 7) is 4.65. The maximum atomic E-state index is 11.7. The first-order valence-corrected chi connectivity index (χ1v) is 5.83. The minimum atomic E-state index is -0.195. The number of nitrogens with two attached hydrogens (primary N) is 1. The van der Waals surface area contributed by atoms with Crippen LogP contribution in [0.3, 0.4) is 0 Å². The third-order valence-corrected chi connectivity index (χ3v) is 2.93. The van der Waals surface area contributed by atoms with Gasteiger partial charge in [-0.05, 0) is 26.5 Å². The highest BCUT2D eigenvalue weighted by molar-refractivity contribution is 5.81. The zero-order chi connectivity index (χ0) is 12.8. The van der Waals surface area contributed by atoms with Crippen molar-refractivity contribution >= 4 is 5.91 Å². The molecule has 1 rings (SSSR count). The predicted octanol–water partition coefficient (Wildman–Crippen LogP) is 1.18. The van der Waals surface area contributed by atoms with Gasteiger partial charge in [-0.3, -0.25) is 15.1 Å². The molecule has 0 radical (unpaired) electrons. The van der Waals surface area contributed by atoms with Gasteiger partial charge in [0.25, 0.3) is 5.91 Å². The number of hydrazine groups is 1. The van der Waals surface area contributed by atoms with E-state index in [-0.39, 0.29) is 11.9 Å². The number of nitrogens with zero attached hydrogens (tertiary/aromatic N) is 1. The van der Waals surface area contributed by atoms with Gasteiger partial charge in [0.1, 0.15) is 5.76 Å². The molecule has 0 fully saturated rings. The molecule has 0 saturated carbocycles. The summed E-state index contributed by atoms with van der Waals surface area (Å²) in [5.74, 6) is 5.95. The van der Waals surface area contributed by atoms with E-state index in [1.165, 1.54) is 0 Å². The number of carbonyl (C=O) groups excluding carboxylic acids is 1. The molecular formula is C12H21N3O2. The summed E-state index contributed by atoms with van der Waals surface area (Å²) in [7, 11) is 1.92. The lowest BCUT2D eigenvalue weighted by Gasteiger charge is -2.25. The summed E-state index contributed by atoms with van der Waals surface area (Å²) < 4.78 is 5.24. The molecule has 1 amide bonds. The van der Waals surface area contributed by atoms with E-state index in [1.807, 2.05) is 31.9 Å². The summed E-state index contributed by atoms with van der Waals surface area (Å²) >= 11 is 0. The van der Waals surface area contributed by atoms with Crippen molar-refractivity contribution in [3.8, 4) is 0 Å². The van der Waals surface area contributed by atoms with Crippen molar-refractivity contribution in [3.05, 3.63) is 23.7 Å². The van der Waals surface area contributed by atoms with Crippen LogP contribution in [0.4, 0.5) is 0 Å². The first kappa shape index (κ1) is 13.7. The SMILES string of the molecule is CCCC(C(=O)NN)N(C)Cc1ccoc1C. The van der Waals surface area contributed by atoms with E-state index in [2.05, 4.69) is 5.43 Å². The van der Waals surface area contributed by atoms with Crippen molar-refractivity contribution in [1.29, 1.82) is 0 Å². The van der Waals surface area contributed by atoms with Gasteiger partial charge in [0.05, 0.1) is 12.3 Å². The van der Waals surface area contributed by atoms with E-state index in [9.17, 15) is 4.79 Å². The quantitative estimate of drug-likeness (QED) is 0.444. The smallest absolute Gasteiger partial charge is 0.251 e. The van der Waals surface area contributed by atoms with Gasteiger partial charge in [0, 0.05) is 12.1 Å². The van der Waals surface area contributed by atoms with Crippen LogP contribution >= 0.6 is 0 Å². The molecule has 0 spiro atoms. The molecule has 1 aromatic rings. The average molecular weight is 239 g/mol. The average Bonchev–Trinajstić information content (AvgIpc) is 2.71. The van der Waals surface area contributed by atoms with E-state index >= 15 is 0 Å². The fraction of sp³-hybridized carbons (Fsp3) is 0.583. The fourth-order valence-corrected chi connectivity index (χ4v) is 1.88. The Morgan fingerprint density at radius 2 is 2.35 bits per heavy atom. The maximum Gasteiger partial charge on any atom is 0.251 e. The van der Waals surface area contributed by atoms with Gasteiger partial charge in [-0.25, -0.2) is 5.84 Å². The van der Waals surface area contributed by atoms with E-state index in [0.717, 1.165) is 24.2 Å². The van der Waals surface area contributed by atoms with Crippen molar-refractivity contribution in [3.63, 3.8) is 0 Å². The molecule has 17 heavy (non-hydrogen) atoms. The van der Waals surface area contributed by atoms with Crippen LogP contribution in [0.1, 0.15) is 31.1 Å². The van der Waals surface area contributed by atoms with E-state index in [0.29, 0.717) is 6.54 Å². The maximum absolute atomic E-state index is 11.7. The minimum absolute atomic E-state index is 0.143. The Kier molecular flexibility index (Phi) is 5.18. The molecule has 1 aromatic heterocycles. The molecule has 0 aliphatic rings. The molecule has 0 bridgehead atoms. The lowest BCUT2D eigenvalue weighted by Crippen LogP contribution is -2.47. The van der Waals surface area contributed by atoms with Crippen molar-refractivity contribution in [2.45, 2.75) is 39.3 Å². The normalized spacial score (nSPS) is 12.8. The zero-order valence-electron chi connectivity index (χ0n) is 10.7. The molecule has 96 valence electrons. The summed E-state index contributed by atoms with van der Waals surface area (Å²) in [6.07, 6.45) is 3.39. The fourth-order valence-electron chi connectivity index (χ4n) is 1.88. The van der Waals surface area contributed by atoms with Gasteiger partial charge >= 0.3 is 0 Å². The Bertz CT molecular complexity index is 362. The van der Waals surface area contributed by atoms with Gasteiger partial charge in [-0.2, -0.15) is 0 Å². The summed E-state index contributed by atoms with van der Waals surface area (Å²) in [4.78, 5) is 13.6. The second-order valence-corrected chi connectivity index (χ2v) is 4.23. The standard InChI is InChI=1S/C12H21N3O2/c1-4-5-11(12(16)14-13)15(3)8-10-6-7-17-9(10)2/h6-7,11H,4-5,8,13H2,1-3H3,(H,14,16). The first-order chi connectivity index (χ1) is 8.10. The minimum Gasteiger partial charge on any atom is -0.469 e. The summed E-state index contributed by atoms with van der Waals surface area (Å²) in [6, 6.07) is 1.73. The molecular weight excluding hydrogens is 218 g/mol. The Morgan fingerprint density at radius 3 is 2.82 bits per heavy atom. The van der Waals surface area contributed by atoms with Crippen LogP contribution < -0.4 is 11.3 Å². The molecule has 5 heteroatoms. The number of nitrogens with one attached hydrogen (secondary N) is 1. The van der Waals surface area contributed by atoms with Crippen LogP contribution in [0.25, 0.3) is 0 Å². The molecule has 3 N–H and O–H groups in total. The van der Waals surface area contributed by atoms with Gasteiger partial charge in [-0.15, -0.1) is 0 Å². The first-order valence-electron chi connectivity index (χ1n) is 5.83. The van der Waals surface area contributed by atoms with E-state index in [4.69, 9.17) is 10.3 Å². The number of likely N-dealkylation sites (N-methyl/N-ethyl adjacent to an activating group) is 1. The molecule has 0 aromatic carbocycles. The number of aryl methyl sites for hydroxylation is 1. The monoisotopic (exact) mass is 239 g/mol. The lowest BCUT2D eigenvalue weighted by molar-refractivity contribution is -0.126. The lowest BCUT2D eigenvalue weighted by atomic mass is 10.1. The number of carbonyl (C=O) groups is 1. The molecule has 1 atom stereocenters. The van der Waals surface area contributed by atoms with Crippen molar-refractivity contribution < 1.29 is 9.21 Å². The highest BCUT2D eigenvalue weighted by atomic mass is 16.3. The molecule has 0 aliphatic carbocycles. The van der Waals surface area contributed by atoms with Gasteiger partial charge < -0.3 is 4.42 Å². The van der Waals surface area contributed by atoms with Crippen LogP contribution in [0.2, 0.25) is 0 Å². The van der Waals surface area contributed by atoms with Crippen molar-refractivity contribution in [2.24, 2.45) is 5.84 Å². The van der Waals surface area contributed by atoms with Gasteiger partial charge in [0.2, 0.25) is 0 Å². The number of hydrogen-bond acceptors (Lipinski definition) is 4. The van der Waals surface area contributed by atoms with Gasteiger partial charge in [-0.1, -0.05) is 13.3 Å².